The summed E-state index contributed by atoms with van der Waals surface area (Å²) in [5.74, 6) is 1.74. The molecule has 4 fully saturated rings. The monoisotopic (exact) mass is 346 g/mol. The minimum atomic E-state index is -0.237. The first kappa shape index (κ1) is 17.2. The number of hydrogen-bond acceptors (Lipinski definition) is 4. The SMILES string of the molecule is COC(=O)C1CCC2C3CCC4CC(=O)CCC4(C)C3C(=O)CC12C. The highest BCUT2D eigenvalue weighted by Gasteiger charge is 2.64. The molecule has 7 atom stereocenters. The highest BCUT2D eigenvalue weighted by molar-refractivity contribution is 5.87. The maximum Gasteiger partial charge on any atom is 0.309 e. The van der Waals surface area contributed by atoms with Crippen molar-refractivity contribution in [2.24, 2.45) is 40.4 Å². The van der Waals surface area contributed by atoms with Gasteiger partial charge in [0.1, 0.15) is 11.6 Å². The summed E-state index contributed by atoms with van der Waals surface area (Å²) in [5, 5.41) is 0. The Hall–Kier alpha value is -1.19. The van der Waals surface area contributed by atoms with E-state index in [2.05, 4.69) is 13.8 Å². The summed E-state index contributed by atoms with van der Waals surface area (Å²) in [7, 11) is 1.46. The van der Waals surface area contributed by atoms with Gasteiger partial charge in [-0.15, -0.1) is 0 Å². The van der Waals surface area contributed by atoms with Gasteiger partial charge in [-0.25, -0.2) is 0 Å². The molecule has 4 aliphatic rings. The predicted molar refractivity (Wildman–Crippen MR) is 92.6 cm³/mol. The summed E-state index contributed by atoms with van der Waals surface area (Å²) in [6.45, 7) is 4.42. The van der Waals surface area contributed by atoms with Crippen LogP contribution in [0.3, 0.4) is 0 Å². The number of fused-ring (bicyclic) bond motifs is 5. The van der Waals surface area contributed by atoms with Gasteiger partial charge < -0.3 is 4.74 Å². The highest BCUT2D eigenvalue weighted by Crippen LogP contribution is 2.66. The van der Waals surface area contributed by atoms with E-state index in [9.17, 15) is 14.4 Å². The average Bonchev–Trinajstić information content (AvgIpc) is 2.91. The van der Waals surface area contributed by atoms with E-state index in [1.807, 2.05) is 0 Å². The van der Waals surface area contributed by atoms with Crippen LogP contribution in [0.2, 0.25) is 0 Å². The van der Waals surface area contributed by atoms with Crippen molar-refractivity contribution in [2.75, 3.05) is 7.11 Å². The second-order valence-corrected chi connectivity index (χ2v) is 9.57. The van der Waals surface area contributed by atoms with Gasteiger partial charge in [0, 0.05) is 25.2 Å². The van der Waals surface area contributed by atoms with Crippen LogP contribution in [0.1, 0.15) is 65.2 Å². The third kappa shape index (κ3) is 2.28. The van der Waals surface area contributed by atoms with E-state index >= 15 is 0 Å². The zero-order valence-electron chi connectivity index (χ0n) is 15.7. The largest absolute Gasteiger partial charge is 0.469 e. The van der Waals surface area contributed by atoms with Crippen molar-refractivity contribution in [2.45, 2.75) is 65.2 Å². The normalized spacial score (nSPS) is 49.2. The molecule has 0 radical (unpaired) electrons. The Morgan fingerprint density at radius 2 is 1.84 bits per heavy atom. The lowest BCUT2D eigenvalue weighted by molar-refractivity contribution is -0.165. The van der Waals surface area contributed by atoms with Gasteiger partial charge in [-0.2, -0.15) is 0 Å². The molecule has 0 aromatic heterocycles. The van der Waals surface area contributed by atoms with Crippen molar-refractivity contribution in [3.8, 4) is 0 Å². The number of methoxy groups -OCH3 is 1. The molecule has 25 heavy (non-hydrogen) atoms. The Kier molecular flexibility index (Phi) is 3.90. The molecule has 0 N–H and O–H groups in total. The third-order valence-corrected chi connectivity index (χ3v) is 8.65. The van der Waals surface area contributed by atoms with Crippen LogP contribution in [0.5, 0.6) is 0 Å². The van der Waals surface area contributed by atoms with E-state index in [1.54, 1.807) is 0 Å². The third-order valence-electron chi connectivity index (χ3n) is 8.65. The quantitative estimate of drug-likeness (QED) is 0.681. The van der Waals surface area contributed by atoms with Gasteiger partial charge in [0.15, 0.2) is 0 Å². The highest BCUT2D eigenvalue weighted by atomic mass is 16.5. The molecular weight excluding hydrogens is 316 g/mol. The van der Waals surface area contributed by atoms with Crippen LogP contribution in [0, 0.1) is 40.4 Å². The van der Waals surface area contributed by atoms with Crippen LogP contribution in [0.25, 0.3) is 0 Å². The average molecular weight is 346 g/mol. The maximum absolute atomic E-state index is 13.3. The van der Waals surface area contributed by atoms with Crippen LogP contribution >= 0.6 is 0 Å². The fourth-order valence-electron chi connectivity index (χ4n) is 7.39. The summed E-state index contributed by atoms with van der Waals surface area (Å²) >= 11 is 0. The molecule has 0 aliphatic heterocycles. The van der Waals surface area contributed by atoms with Crippen LogP contribution in [0.4, 0.5) is 0 Å². The minimum absolute atomic E-state index is 0.0153. The second-order valence-electron chi connectivity index (χ2n) is 9.57. The Morgan fingerprint density at radius 3 is 2.56 bits per heavy atom. The first-order chi connectivity index (χ1) is 11.8. The lowest BCUT2D eigenvalue weighted by Crippen LogP contribution is -2.57. The first-order valence-electron chi connectivity index (χ1n) is 9.93. The number of rotatable bonds is 1. The second kappa shape index (κ2) is 5.65. The minimum Gasteiger partial charge on any atom is -0.469 e. The van der Waals surface area contributed by atoms with E-state index in [1.165, 1.54) is 7.11 Å². The van der Waals surface area contributed by atoms with Crippen molar-refractivity contribution in [1.82, 2.24) is 0 Å². The molecular formula is C21H30O4. The van der Waals surface area contributed by atoms with Gasteiger partial charge in [-0.05, 0) is 60.7 Å². The van der Waals surface area contributed by atoms with Crippen LogP contribution in [-0.4, -0.2) is 24.6 Å². The number of carbonyl (C=O) groups excluding carboxylic acids is 3. The van der Waals surface area contributed by atoms with E-state index < -0.39 is 0 Å². The van der Waals surface area contributed by atoms with Gasteiger partial charge >= 0.3 is 5.97 Å². The summed E-state index contributed by atoms with van der Waals surface area (Å²) < 4.78 is 5.05. The number of ketones is 2. The molecule has 0 bridgehead atoms. The van der Waals surface area contributed by atoms with E-state index in [-0.39, 0.29) is 28.6 Å². The molecule has 0 saturated heterocycles. The Balaban J connectivity index is 1.67. The van der Waals surface area contributed by atoms with E-state index in [4.69, 9.17) is 4.74 Å². The van der Waals surface area contributed by atoms with E-state index in [0.29, 0.717) is 48.6 Å². The number of ether oxygens (including phenoxy) is 1. The zero-order chi connectivity index (χ0) is 18.0. The summed E-state index contributed by atoms with van der Waals surface area (Å²) in [4.78, 5) is 37.6. The molecule has 4 heteroatoms. The Morgan fingerprint density at radius 1 is 1.08 bits per heavy atom. The van der Waals surface area contributed by atoms with Gasteiger partial charge in [-0.3, -0.25) is 14.4 Å². The molecule has 4 nitrogen and oxygen atoms in total. The standard InChI is InChI=1S/C21H30O4/c1-20-9-8-13(22)10-12(20)4-5-14-15-6-7-16(19(24)25-3)21(15,2)11-17(23)18(14)20/h12,14-16,18H,4-11H2,1-3H3. The predicted octanol–water partition coefficient (Wildman–Crippen LogP) is 3.57. The molecule has 0 spiro atoms. The molecule has 0 aromatic rings. The molecule has 0 heterocycles. The molecule has 4 aliphatic carbocycles. The smallest absolute Gasteiger partial charge is 0.309 e. The van der Waals surface area contributed by atoms with Crippen LogP contribution in [0.15, 0.2) is 0 Å². The molecule has 0 amide bonds. The van der Waals surface area contributed by atoms with Crippen molar-refractivity contribution in [3.63, 3.8) is 0 Å². The van der Waals surface area contributed by atoms with Gasteiger partial charge in [0.05, 0.1) is 13.0 Å². The number of esters is 1. The lowest BCUT2D eigenvalue weighted by atomic mass is 9.44. The molecule has 7 unspecified atom stereocenters. The topological polar surface area (TPSA) is 60.4 Å². The van der Waals surface area contributed by atoms with Gasteiger partial charge in [0.25, 0.3) is 0 Å². The fourth-order valence-corrected chi connectivity index (χ4v) is 7.39. The van der Waals surface area contributed by atoms with Crippen molar-refractivity contribution in [3.05, 3.63) is 0 Å². The molecule has 4 saturated carbocycles. The molecule has 0 aromatic carbocycles. The summed E-state index contributed by atoms with van der Waals surface area (Å²) in [5.41, 5.74) is -0.252. The van der Waals surface area contributed by atoms with Crippen molar-refractivity contribution < 1.29 is 19.1 Å². The van der Waals surface area contributed by atoms with Gasteiger partial charge in [0.2, 0.25) is 0 Å². The van der Waals surface area contributed by atoms with Crippen LogP contribution in [-0.2, 0) is 19.1 Å². The van der Waals surface area contributed by atoms with Crippen LogP contribution < -0.4 is 0 Å². The number of carbonyl (C=O) groups is 3. The van der Waals surface area contributed by atoms with Gasteiger partial charge in [-0.1, -0.05) is 13.8 Å². The maximum atomic E-state index is 13.3. The first-order valence-corrected chi connectivity index (χ1v) is 9.93. The summed E-state index contributed by atoms with van der Waals surface area (Å²) in [6, 6.07) is 0. The zero-order valence-corrected chi connectivity index (χ0v) is 15.7. The molecule has 138 valence electrons. The number of hydrogen-bond donors (Lipinski definition) is 0. The Labute approximate surface area is 150 Å². The fraction of sp³-hybridized carbons (Fsp3) is 0.857. The molecule has 4 rings (SSSR count). The lowest BCUT2D eigenvalue weighted by Gasteiger charge is -2.59. The summed E-state index contributed by atoms with van der Waals surface area (Å²) in [6.07, 6.45) is 6.66. The Bertz CT molecular complexity index is 625. The van der Waals surface area contributed by atoms with E-state index in [0.717, 1.165) is 32.1 Å². The van der Waals surface area contributed by atoms with Crippen molar-refractivity contribution in [1.29, 1.82) is 0 Å². The van der Waals surface area contributed by atoms with Crippen molar-refractivity contribution >= 4 is 17.5 Å². The number of Topliss-reactive ketones (excluding diaryl/α,β-unsaturated/α-hetero) is 2.